The van der Waals surface area contributed by atoms with Crippen LogP contribution in [0.25, 0.3) is 0 Å². The Morgan fingerprint density at radius 1 is 1.39 bits per heavy atom. The third-order valence-corrected chi connectivity index (χ3v) is 3.58. The standard InChI is InChI=1S/C13H19N3O2/c1-9-8-10(16(17)18)6-7-12(9)15-13-5-3-2-4-11(13)14/h6-8,11,13,15H,2-5,14H2,1H3/t11-,13-/m1/s1. The molecule has 18 heavy (non-hydrogen) atoms. The van der Waals surface area contributed by atoms with E-state index in [1.165, 1.54) is 18.9 Å². The smallest absolute Gasteiger partial charge is 0.269 e. The van der Waals surface area contributed by atoms with Crippen molar-refractivity contribution in [1.29, 1.82) is 0 Å². The number of hydrogen-bond donors (Lipinski definition) is 2. The fourth-order valence-electron chi connectivity index (χ4n) is 2.46. The van der Waals surface area contributed by atoms with Crippen molar-refractivity contribution in [1.82, 2.24) is 0 Å². The first-order valence-corrected chi connectivity index (χ1v) is 6.35. The maximum absolute atomic E-state index is 10.7. The van der Waals surface area contributed by atoms with Gasteiger partial charge in [0.25, 0.3) is 5.69 Å². The number of hydrogen-bond acceptors (Lipinski definition) is 4. The van der Waals surface area contributed by atoms with Crippen LogP contribution in [0.15, 0.2) is 18.2 Å². The summed E-state index contributed by atoms with van der Waals surface area (Å²) in [7, 11) is 0. The van der Waals surface area contributed by atoms with Crippen molar-refractivity contribution in [3.63, 3.8) is 0 Å². The second kappa shape index (κ2) is 5.35. The van der Waals surface area contributed by atoms with Crippen molar-refractivity contribution in [2.24, 2.45) is 5.73 Å². The fraction of sp³-hybridized carbons (Fsp3) is 0.538. The molecule has 2 atom stereocenters. The number of anilines is 1. The van der Waals surface area contributed by atoms with Crippen LogP contribution in [-0.4, -0.2) is 17.0 Å². The Morgan fingerprint density at radius 3 is 2.72 bits per heavy atom. The summed E-state index contributed by atoms with van der Waals surface area (Å²) in [5.41, 5.74) is 8.05. The molecule has 0 aromatic heterocycles. The molecule has 2 rings (SSSR count). The molecule has 5 nitrogen and oxygen atoms in total. The van der Waals surface area contributed by atoms with E-state index in [1.54, 1.807) is 12.1 Å². The van der Waals surface area contributed by atoms with Gasteiger partial charge < -0.3 is 11.1 Å². The van der Waals surface area contributed by atoms with Gasteiger partial charge in [0.2, 0.25) is 0 Å². The third kappa shape index (κ3) is 2.79. The minimum Gasteiger partial charge on any atom is -0.381 e. The van der Waals surface area contributed by atoms with Gasteiger partial charge >= 0.3 is 0 Å². The number of nitrogens with one attached hydrogen (secondary N) is 1. The second-order valence-corrected chi connectivity index (χ2v) is 4.96. The predicted molar refractivity (Wildman–Crippen MR) is 71.7 cm³/mol. The first-order chi connectivity index (χ1) is 8.58. The molecule has 0 unspecified atom stereocenters. The summed E-state index contributed by atoms with van der Waals surface area (Å²) >= 11 is 0. The average Bonchev–Trinajstić information content (AvgIpc) is 2.34. The van der Waals surface area contributed by atoms with Crippen molar-refractivity contribution in [2.75, 3.05) is 5.32 Å². The molecule has 1 saturated carbocycles. The summed E-state index contributed by atoms with van der Waals surface area (Å²) in [6, 6.07) is 5.35. The minimum absolute atomic E-state index is 0.131. The molecular formula is C13H19N3O2. The van der Waals surface area contributed by atoms with Crippen molar-refractivity contribution in [3.05, 3.63) is 33.9 Å². The van der Waals surface area contributed by atoms with Gasteiger partial charge in [0.05, 0.1) is 4.92 Å². The fourth-order valence-corrected chi connectivity index (χ4v) is 2.46. The molecule has 1 fully saturated rings. The first kappa shape index (κ1) is 12.8. The minimum atomic E-state index is -0.372. The Morgan fingerprint density at radius 2 is 2.11 bits per heavy atom. The van der Waals surface area contributed by atoms with Gasteiger partial charge in [0.1, 0.15) is 0 Å². The van der Waals surface area contributed by atoms with E-state index in [0.717, 1.165) is 24.1 Å². The monoisotopic (exact) mass is 249 g/mol. The lowest BCUT2D eigenvalue weighted by Gasteiger charge is -2.30. The zero-order valence-electron chi connectivity index (χ0n) is 10.6. The molecule has 0 radical (unpaired) electrons. The molecule has 1 aromatic carbocycles. The lowest BCUT2D eigenvalue weighted by atomic mass is 9.90. The molecule has 0 aliphatic heterocycles. The maximum atomic E-state index is 10.7. The number of nitrogens with two attached hydrogens (primary N) is 1. The number of rotatable bonds is 3. The van der Waals surface area contributed by atoms with Crippen LogP contribution in [0.5, 0.6) is 0 Å². The molecule has 98 valence electrons. The van der Waals surface area contributed by atoms with Crippen LogP contribution in [0.1, 0.15) is 31.2 Å². The van der Waals surface area contributed by atoms with Crippen molar-refractivity contribution < 1.29 is 4.92 Å². The molecule has 1 aliphatic carbocycles. The topological polar surface area (TPSA) is 81.2 Å². The number of nitro benzene ring substituents is 1. The van der Waals surface area contributed by atoms with E-state index < -0.39 is 0 Å². The molecule has 1 aliphatic rings. The van der Waals surface area contributed by atoms with E-state index in [4.69, 9.17) is 5.73 Å². The Kier molecular flexibility index (Phi) is 3.81. The summed E-state index contributed by atoms with van der Waals surface area (Å²) in [6.07, 6.45) is 4.50. The first-order valence-electron chi connectivity index (χ1n) is 6.35. The molecular weight excluding hydrogens is 230 g/mol. The molecule has 0 bridgehead atoms. The van der Waals surface area contributed by atoms with E-state index in [1.807, 2.05) is 6.92 Å². The third-order valence-electron chi connectivity index (χ3n) is 3.58. The summed E-state index contributed by atoms with van der Waals surface area (Å²) in [4.78, 5) is 10.3. The highest BCUT2D eigenvalue weighted by molar-refractivity contribution is 5.56. The van der Waals surface area contributed by atoms with Gasteiger partial charge in [0, 0.05) is 29.9 Å². The van der Waals surface area contributed by atoms with E-state index in [2.05, 4.69) is 5.32 Å². The van der Waals surface area contributed by atoms with Gasteiger partial charge in [-0.25, -0.2) is 0 Å². The van der Waals surface area contributed by atoms with Crippen LogP contribution in [0.2, 0.25) is 0 Å². The zero-order valence-corrected chi connectivity index (χ0v) is 10.6. The molecule has 0 heterocycles. The Bertz CT molecular complexity index is 448. The van der Waals surface area contributed by atoms with Crippen LogP contribution in [-0.2, 0) is 0 Å². The number of benzene rings is 1. The zero-order chi connectivity index (χ0) is 13.1. The number of non-ortho nitro benzene ring substituents is 1. The van der Waals surface area contributed by atoms with E-state index in [-0.39, 0.29) is 22.7 Å². The molecule has 5 heteroatoms. The summed E-state index contributed by atoms with van der Waals surface area (Å²) in [5.74, 6) is 0. The number of nitrogens with zero attached hydrogens (tertiary/aromatic N) is 1. The summed E-state index contributed by atoms with van der Waals surface area (Å²) in [6.45, 7) is 1.88. The highest BCUT2D eigenvalue weighted by Crippen LogP contribution is 2.25. The molecule has 1 aromatic rings. The van der Waals surface area contributed by atoms with Gasteiger partial charge in [0.15, 0.2) is 0 Å². The Labute approximate surface area is 107 Å². The van der Waals surface area contributed by atoms with Crippen molar-refractivity contribution in [2.45, 2.75) is 44.7 Å². The lowest BCUT2D eigenvalue weighted by Crippen LogP contribution is -2.42. The van der Waals surface area contributed by atoms with Crippen molar-refractivity contribution in [3.8, 4) is 0 Å². The molecule has 0 spiro atoms. The average molecular weight is 249 g/mol. The Hall–Kier alpha value is -1.62. The normalized spacial score (nSPS) is 23.7. The van der Waals surface area contributed by atoms with E-state index in [0.29, 0.717) is 0 Å². The van der Waals surface area contributed by atoms with Crippen molar-refractivity contribution >= 4 is 11.4 Å². The van der Waals surface area contributed by atoms with Crippen LogP contribution < -0.4 is 11.1 Å². The van der Waals surface area contributed by atoms with Crippen LogP contribution >= 0.6 is 0 Å². The summed E-state index contributed by atoms with van der Waals surface area (Å²) in [5, 5.41) is 14.1. The maximum Gasteiger partial charge on any atom is 0.269 e. The second-order valence-electron chi connectivity index (χ2n) is 4.96. The SMILES string of the molecule is Cc1cc([N+](=O)[O-])ccc1N[C@@H]1CCCC[C@H]1N. The van der Waals surface area contributed by atoms with Gasteiger partial charge in [-0.3, -0.25) is 10.1 Å². The molecule has 0 amide bonds. The van der Waals surface area contributed by atoms with Gasteiger partial charge in [-0.1, -0.05) is 12.8 Å². The van der Waals surface area contributed by atoms with E-state index >= 15 is 0 Å². The van der Waals surface area contributed by atoms with Crippen LogP contribution in [0, 0.1) is 17.0 Å². The van der Waals surface area contributed by atoms with Gasteiger partial charge in [-0.05, 0) is 31.4 Å². The van der Waals surface area contributed by atoms with Crippen LogP contribution in [0.4, 0.5) is 11.4 Å². The van der Waals surface area contributed by atoms with Crippen LogP contribution in [0.3, 0.4) is 0 Å². The largest absolute Gasteiger partial charge is 0.381 e. The predicted octanol–water partition coefficient (Wildman–Crippen LogP) is 2.59. The molecule has 0 saturated heterocycles. The molecule has 3 N–H and O–H groups in total. The highest BCUT2D eigenvalue weighted by Gasteiger charge is 2.22. The number of nitro groups is 1. The van der Waals surface area contributed by atoms with Gasteiger partial charge in [-0.15, -0.1) is 0 Å². The highest BCUT2D eigenvalue weighted by atomic mass is 16.6. The lowest BCUT2D eigenvalue weighted by molar-refractivity contribution is -0.384. The summed E-state index contributed by atoms with van der Waals surface area (Å²) < 4.78 is 0. The quantitative estimate of drug-likeness (QED) is 0.637. The number of aryl methyl sites for hydroxylation is 1. The Balaban J connectivity index is 2.11. The van der Waals surface area contributed by atoms with E-state index in [9.17, 15) is 10.1 Å². The van der Waals surface area contributed by atoms with Gasteiger partial charge in [-0.2, -0.15) is 0 Å².